The summed E-state index contributed by atoms with van der Waals surface area (Å²) in [4.78, 5) is 16.5. The number of hydrogen-bond donors (Lipinski definition) is 0. The minimum absolute atomic E-state index is 0.204. The van der Waals surface area contributed by atoms with Crippen LogP contribution in [0.1, 0.15) is 24.5 Å². The molecule has 1 aromatic heterocycles. The van der Waals surface area contributed by atoms with Gasteiger partial charge in [0.05, 0.1) is 25.2 Å². The lowest BCUT2D eigenvalue weighted by molar-refractivity contribution is -0.150. The van der Waals surface area contributed by atoms with Crippen LogP contribution in [0.2, 0.25) is 0 Å². The zero-order valence-electron chi connectivity index (χ0n) is 15.6. The Labute approximate surface area is 164 Å². The maximum atomic E-state index is 12.4. The van der Waals surface area contributed by atoms with E-state index in [-0.39, 0.29) is 18.0 Å². The van der Waals surface area contributed by atoms with Crippen LogP contribution in [0.25, 0.3) is 10.8 Å². The fourth-order valence-electron chi connectivity index (χ4n) is 3.50. The number of benzene rings is 2. The van der Waals surface area contributed by atoms with Crippen molar-refractivity contribution in [3.05, 3.63) is 72.6 Å². The van der Waals surface area contributed by atoms with Crippen molar-refractivity contribution >= 4 is 16.7 Å². The SMILES string of the molecule is O=C(OCCCOc1ccc2ccccc2c1)[C@@H]1CCO[C@H]1c1ccncc1. The van der Waals surface area contributed by atoms with Gasteiger partial charge in [-0.25, -0.2) is 0 Å². The number of aromatic nitrogens is 1. The highest BCUT2D eigenvalue weighted by Gasteiger charge is 2.36. The third-order valence-corrected chi connectivity index (χ3v) is 4.95. The van der Waals surface area contributed by atoms with E-state index in [0.29, 0.717) is 32.7 Å². The summed E-state index contributed by atoms with van der Waals surface area (Å²) in [5, 5.41) is 2.33. The minimum atomic E-state index is -0.260. The van der Waals surface area contributed by atoms with Crippen LogP contribution in [0.5, 0.6) is 5.75 Å². The number of carbonyl (C=O) groups is 1. The number of esters is 1. The van der Waals surface area contributed by atoms with Crippen molar-refractivity contribution in [1.29, 1.82) is 0 Å². The minimum Gasteiger partial charge on any atom is -0.493 e. The number of pyridine rings is 1. The Morgan fingerprint density at radius 3 is 2.71 bits per heavy atom. The van der Waals surface area contributed by atoms with E-state index in [9.17, 15) is 4.79 Å². The predicted octanol–water partition coefficient (Wildman–Crippen LogP) is 4.32. The first-order valence-electron chi connectivity index (χ1n) is 9.61. The summed E-state index contributed by atoms with van der Waals surface area (Å²) in [5.74, 6) is 0.362. The Bertz CT molecular complexity index is 928. The molecule has 0 unspecified atom stereocenters. The van der Waals surface area contributed by atoms with Crippen molar-refractivity contribution in [3.63, 3.8) is 0 Å². The van der Waals surface area contributed by atoms with Crippen molar-refractivity contribution in [2.75, 3.05) is 19.8 Å². The van der Waals surface area contributed by atoms with Crippen LogP contribution in [0.15, 0.2) is 67.0 Å². The lowest BCUT2D eigenvalue weighted by Gasteiger charge is -2.17. The molecule has 144 valence electrons. The second kappa shape index (κ2) is 8.85. The van der Waals surface area contributed by atoms with E-state index in [1.165, 1.54) is 5.39 Å². The topological polar surface area (TPSA) is 57.7 Å². The van der Waals surface area contributed by atoms with Crippen molar-refractivity contribution in [3.8, 4) is 5.75 Å². The zero-order chi connectivity index (χ0) is 19.2. The van der Waals surface area contributed by atoms with E-state index in [2.05, 4.69) is 17.1 Å². The van der Waals surface area contributed by atoms with E-state index in [4.69, 9.17) is 14.2 Å². The summed E-state index contributed by atoms with van der Waals surface area (Å²) in [5.41, 5.74) is 0.967. The molecule has 0 amide bonds. The van der Waals surface area contributed by atoms with Crippen LogP contribution in [-0.2, 0) is 14.3 Å². The molecule has 2 atom stereocenters. The van der Waals surface area contributed by atoms with Gasteiger partial charge in [0.15, 0.2) is 0 Å². The summed E-state index contributed by atoms with van der Waals surface area (Å²) in [6.45, 7) is 1.41. The second-order valence-electron chi connectivity index (χ2n) is 6.85. The molecule has 5 heteroatoms. The smallest absolute Gasteiger partial charge is 0.312 e. The molecule has 0 bridgehead atoms. The molecular weight excluding hydrogens is 354 g/mol. The monoisotopic (exact) mass is 377 g/mol. The zero-order valence-corrected chi connectivity index (χ0v) is 15.6. The average Bonchev–Trinajstić information content (AvgIpc) is 3.24. The van der Waals surface area contributed by atoms with Gasteiger partial charge in [0.2, 0.25) is 0 Å². The lowest BCUT2D eigenvalue weighted by atomic mass is 9.96. The van der Waals surface area contributed by atoms with Gasteiger partial charge in [-0.2, -0.15) is 0 Å². The molecule has 1 saturated heterocycles. The van der Waals surface area contributed by atoms with Crippen molar-refractivity contribution in [2.24, 2.45) is 5.92 Å². The van der Waals surface area contributed by atoms with Gasteiger partial charge in [0.25, 0.3) is 0 Å². The number of nitrogens with zero attached hydrogens (tertiary/aromatic N) is 1. The molecule has 0 saturated carbocycles. The van der Waals surface area contributed by atoms with Gasteiger partial charge in [0, 0.05) is 25.4 Å². The highest BCUT2D eigenvalue weighted by atomic mass is 16.5. The third-order valence-electron chi connectivity index (χ3n) is 4.95. The van der Waals surface area contributed by atoms with Crippen LogP contribution in [0.4, 0.5) is 0 Å². The van der Waals surface area contributed by atoms with E-state index in [0.717, 1.165) is 16.7 Å². The highest BCUT2D eigenvalue weighted by molar-refractivity contribution is 5.83. The number of fused-ring (bicyclic) bond motifs is 1. The number of hydrogen-bond acceptors (Lipinski definition) is 5. The van der Waals surface area contributed by atoms with Crippen molar-refractivity contribution in [2.45, 2.75) is 18.9 Å². The summed E-state index contributed by atoms with van der Waals surface area (Å²) >= 11 is 0. The van der Waals surface area contributed by atoms with Gasteiger partial charge in [0.1, 0.15) is 5.75 Å². The van der Waals surface area contributed by atoms with Crippen LogP contribution in [-0.4, -0.2) is 30.8 Å². The molecule has 1 aliphatic heterocycles. The Kier molecular flexibility index (Phi) is 5.83. The molecule has 0 radical (unpaired) electrons. The molecule has 5 nitrogen and oxygen atoms in total. The third kappa shape index (κ3) is 4.31. The molecule has 2 heterocycles. The molecule has 1 fully saturated rings. The van der Waals surface area contributed by atoms with Crippen LogP contribution >= 0.6 is 0 Å². The number of carbonyl (C=O) groups excluding carboxylic acids is 1. The lowest BCUT2D eigenvalue weighted by Crippen LogP contribution is -2.22. The first kappa shape index (κ1) is 18.4. The molecule has 0 spiro atoms. The normalized spacial score (nSPS) is 18.9. The van der Waals surface area contributed by atoms with E-state index in [1.54, 1.807) is 12.4 Å². The van der Waals surface area contributed by atoms with E-state index >= 15 is 0 Å². The van der Waals surface area contributed by atoms with Crippen molar-refractivity contribution in [1.82, 2.24) is 4.98 Å². The van der Waals surface area contributed by atoms with Gasteiger partial charge in [-0.1, -0.05) is 30.3 Å². The van der Waals surface area contributed by atoms with Gasteiger partial charge in [-0.15, -0.1) is 0 Å². The Morgan fingerprint density at radius 2 is 1.86 bits per heavy atom. The predicted molar refractivity (Wildman–Crippen MR) is 106 cm³/mol. The molecule has 1 aliphatic rings. The van der Waals surface area contributed by atoms with Gasteiger partial charge >= 0.3 is 5.97 Å². The van der Waals surface area contributed by atoms with Crippen LogP contribution < -0.4 is 4.74 Å². The number of rotatable bonds is 7. The Hall–Kier alpha value is -2.92. The molecule has 0 N–H and O–H groups in total. The maximum Gasteiger partial charge on any atom is 0.312 e. The largest absolute Gasteiger partial charge is 0.493 e. The van der Waals surface area contributed by atoms with Crippen molar-refractivity contribution < 1.29 is 19.0 Å². The fourth-order valence-corrected chi connectivity index (χ4v) is 3.50. The highest BCUT2D eigenvalue weighted by Crippen LogP contribution is 2.35. The molecule has 2 aromatic carbocycles. The summed E-state index contributed by atoms with van der Waals surface area (Å²) < 4.78 is 17.0. The number of ether oxygens (including phenoxy) is 3. The van der Waals surface area contributed by atoms with Gasteiger partial charge in [-0.3, -0.25) is 9.78 Å². The van der Waals surface area contributed by atoms with Gasteiger partial charge in [-0.05, 0) is 47.0 Å². The molecule has 0 aliphatic carbocycles. The summed E-state index contributed by atoms with van der Waals surface area (Å²) in [7, 11) is 0. The average molecular weight is 377 g/mol. The van der Waals surface area contributed by atoms with Gasteiger partial charge < -0.3 is 14.2 Å². The molecular formula is C23H23NO4. The quantitative estimate of drug-likeness (QED) is 0.453. The van der Waals surface area contributed by atoms with E-state index < -0.39 is 0 Å². The molecule has 3 aromatic rings. The summed E-state index contributed by atoms with van der Waals surface area (Å²) in [6, 6.07) is 18.0. The second-order valence-corrected chi connectivity index (χ2v) is 6.85. The van der Waals surface area contributed by atoms with Crippen LogP contribution in [0.3, 0.4) is 0 Å². The molecule has 4 rings (SSSR count). The first-order chi connectivity index (χ1) is 13.8. The Balaban J connectivity index is 1.23. The summed E-state index contributed by atoms with van der Waals surface area (Å²) in [6.07, 6.45) is 4.50. The standard InChI is InChI=1S/C23H23NO4/c25-23(21-10-15-27-22(21)18-8-11-24-12-9-18)28-14-3-13-26-20-7-6-17-4-1-2-5-19(17)16-20/h1-2,4-9,11-12,16,21-22H,3,10,13-15H2/t21-,22+/m1/s1. The molecule has 28 heavy (non-hydrogen) atoms. The van der Waals surface area contributed by atoms with E-state index in [1.807, 2.05) is 42.5 Å². The first-order valence-corrected chi connectivity index (χ1v) is 9.61. The Morgan fingerprint density at radius 1 is 1.04 bits per heavy atom. The van der Waals surface area contributed by atoms with Crippen LogP contribution in [0, 0.1) is 5.92 Å². The maximum absolute atomic E-state index is 12.4. The fraction of sp³-hybridized carbons (Fsp3) is 0.304.